The normalized spacial score (nSPS) is 12.2. The minimum absolute atomic E-state index is 0.968. The molecular weight excluding hydrogens is 374 g/mol. The summed E-state index contributed by atoms with van der Waals surface area (Å²) in [5, 5.41) is 3.20. The van der Waals surface area contributed by atoms with Crippen molar-refractivity contribution in [3.8, 4) is 0 Å². The summed E-state index contributed by atoms with van der Waals surface area (Å²) in [5.41, 5.74) is 0.968. The molecule has 0 N–H and O–H groups in total. The average molecular weight is 394 g/mol. The number of aliphatic imine (C=N–C) groups is 1. The van der Waals surface area contributed by atoms with Crippen LogP contribution in [0.15, 0.2) is 116 Å². The third-order valence-electron chi connectivity index (χ3n) is 3.42. The molecule has 0 bridgehead atoms. The molecule has 0 spiro atoms. The van der Waals surface area contributed by atoms with Crippen LogP contribution < -0.4 is 0 Å². The van der Waals surface area contributed by atoms with Crippen molar-refractivity contribution < 1.29 is 0 Å². The van der Waals surface area contributed by atoms with Gasteiger partial charge in [-0.3, -0.25) is 0 Å². The van der Waals surface area contributed by atoms with Gasteiger partial charge in [-0.15, -0.1) is 11.8 Å². The van der Waals surface area contributed by atoms with Gasteiger partial charge in [-0.05, 0) is 48.1 Å². The zero-order chi connectivity index (χ0) is 18.0. The summed E-state index contributed by atoms with van der Waals surface area (Å²) in [6.45, 7) is 0. The van der Waals surface area contributed by atoms with Gasteiger partial charge in [-0.2, -0.15) is 0 Å². The maximum atomic E-state index is 4.91. The first kappa shape index (κ1) is 18.9. The molecule has 0 amide bonds. The topological polar surface area (TPSA) is 12.4 Å². The van der Waals surface area contributed by atoms with E-state index in [9.17, 15) is 0 Å². The summed E-state index contributed by atoms with van der Waals surface area (Å²) in [7, 11) is 0. The largest absolute Gasteiger partial charge is 0.241 e. The molecule has 1 nitrogen and oxygen atoms in total. The lowest BCUT2D eigenvalue weighted by atomic mass is 10.3. The zero-order valence-corrected chi connectivity index (χ0v) is 16.9. The number of rotatable bonds is 6. The van der Waals surface area contributed by atoms with Crippen LogP contribution in [-0.2, 0) is 0 Å². The number of nitrogens with zero attached hydrogens (tertiary/aromatic N) is 1. The summed E-state index contributed by atoms with van der Waals surface area (Å²) in [5.74, 6) is 0. The van der Waals surface area contributed by atoms with E-state index >= 15 is 0 Å². The summed E-state index contributed by atoms with van der Waals surface area (Å²) < 4.78 is 0. The highest BCUT2D eigenvalue weighted by Gasteiger charge is 2.10. The molecule has 0 atom stereocenters. The molecule has 0 saturated carbocycles. The van der Waals surface area contributed by atoms with E-state index in [0.29, 0.717) is 0 Å². The van der Waals surface area contributed by atoms with Crippen LogP contribution in [0.5, 0.6) is 0 Å². The Hall–Kier alpha value is -1.88. The molecule has 130 valence electrons. The predicted molar refractivity (Wildman–Crippen MR) is 120 cm³/mol. The van der Waals surface area contributed by atoms with E-state index in [2.05, 4.69) is 60.2 Å². The fourth-order valence-electron chi connectivity index (χ4n) is 2.15. The van der Waals surface area contributed by atoms with E-state index < -0.39 is 0 Å². The van der Waals surface area contributed by atoms with E-state index in [0.717, 1.165) is 15.6 Å². The second-order valence-corrected chi connectivity index (χ2v) is 8.14. The molecule has 0 heterocycles. The molecular formula is C22H19NS3. The van der Waals surface area contributed by atoms with Gasteiger partial charge in [0.1, 0.15) is 5.04 Å². The van der Waals surface area contributed by atoms with Crippen LogP contribution in [0.3, 0.4) is 0 Å². The molecule has 0 unspecified atom stereocenters. The van der Waals surface area contributed by atoms with Crippen molar-refractivity contribution in [3.63, 3.8) is 0 Å². The summed E-state index contributed by atoms with van der Waals surface area (Å²) in [4.78, 5) is 8.49. The van der Waals surface area contributed by atoms with Crippen LogP contribution in [0.4, 0.5) is 5.69 Å². The van der Waals surface area contributed by atoms with Crippen molar-refractivity contribution in [2.24, 2.45) is 4.99 Å². The highest BCUT2D eigenvalue weighted by Crippen LogP contribution is 2.33. The van der Waals surface area contributed by atoms with Gasteiger partial charge in [0.25, 0.3) is 0 Å². The molecule has 0 aromatic heterocycles. The number of benzene rings is 3. The number of thioether (sulfide) groups is 3. The summed E-state index contributed by atoms with van der Waals surface area (Å²) in [6.07, 6.45) is 2.10. The lowest BCUT2D eigenvalue weighted by Gasteiger charge is -2.09. The molecule has 3 aromatic carbocycles. The van der Waals surface area contributed by atoms with Gasteiger partial charge >= 0.3 is 0 Å². The third kappa shape index (κ3) is 5.84. The van der Waals surface area contributed by atoms with Crippen molar-refractivity contribution in [3.05, 3.63) is 101 Å². The summed E-state index contributed by atoms with van der Waals surface area (Å²) >= 11 is 5.15. The first-order valence-corrected chi connectivity index (χ1v) is 11.1. The Morgan fingerprint density at radius 3 is 1.85 bits per heavy atom. The molecule has 0 aliphatic rings. The van der Waals surface area contributed by atoms with Crippen LogP contribution >= 0.6 is 35.3 Å². The maximum Gasteiger partial charge on any atom is 0.116 e. The molecule has 0 aliphatic heterocycles. The molecule has 3 rings (SSSR count). The summed E-state index contributed by atoms with van der Waals surface area (Å²) in [6, 6.07) is 30.9. The van der Waals surface area contributed by atoms with E-state index in [1.807, 2.05) is 42.5 Å². The van der Waals surface area contributed by atoms with Gasteiger partial charge in [0.15, 0.2) is 0 Å². The third-order valence-corrected chi connectivity index (χ3v) is 6.36. The van der Waals surface area contributed by atoms with E-state index in [-0.39, 0.29) is 0 Å². The monoisotopic (exact) mass is 393 g/mol. The second-order valence-electron chi connectivity index (χ2n) is 5.28. The lowest BCUT2D eigenvalue weighted by Crippen LogP contribution is -1.94. The van der Waals surface area contributed by atoms with Crippen molar-refractivity contribution in [1.29, 1.82) is 0 Å². The molecule has 26 heavy (non-hydrogen) atoms. The predicted octanol–water partition coefficient (Wildman–Crippen LogP) is 7.51. The number of hydrogen-bond acceptors (Lipinski definition) is 4. The van der Waals surface area contributed by atoms with Crippen molar-refractivity contribution >= 4 is 46.0 Å². The molecule has 0 saturated heterocycles. The van der Waals surface area contributed by atoms with Crippen LogP contribution in [0.2, 0.25) is 0 Å². The minimum atomic E-state index is 0.968. The fourth-order valence-corrected chi connectivity index (χ4v) is 4.85. The van der Waals surface area contributed by atoms with Gasteiger partial charge in [-0.25, -0.2) is 4.99 Å². The van der Waals surface area contributed by atoms with Gasteiger partial charge in [0.2, 0.25) is 0 Å². The smallest absolute Gasteiger partial charge is 0.116 e. The van der Waals surface area contributed by atoms with Crippen LogP contribution in [-0.4, -0.2) is 11.3 Å². The van der Waals surface area contributed by atoms with Gasteiger partial charge in [0.05, 0.1) is 5.69 Å². The van der Waals surface area contributed by atoms with Crippen molar-refractivity contribution in [2.75, 3.05) is 6.26 Å². The number of hydrogen-bond donors (Lipinski definition) is 0. The Labute approximate surface area is 168 Å². The Kier molecular flexibility index (Phi) is 7.50. The molecule has 0 aliphatic carbocycles. The second kappa shape index (κ2) is 10.3. The van der Waals surface area contributed by atoms with Crippen molar-refractivity contribution in [2.45, 2.75) is 9.79 Å². The first-order valence-electron chi connectivity index (χ1n) is 8.18. The standard InChI is InChI=1S/C22H19NS3/c1-24-21(17-25-19-13-7-3-8-14-19)22(23-18-11-5-2-6-12-18)26-20-15-9-4-10-16-20/h2-17H,1H3/b21-17-,23-22-. The minimum Gasteiger partial charge on any atom is -0.241 e. The Morgan fingerprint density at radius 1 is 0.731 bits per heavy atom. The van der Waals surface area contributed by atoms with Crippen LogP contribution in [0.25, 0.3) is 0 Å². The molecule has 3 aromatic rings. The highest BCUT2D eigenvalue weighted by molar-refractivity contribution is 8.18. The van der Waals surface area contributed by atoms with Gasteiger partial charge < -0.3 is 0 Å². The van der Waals surface area contributed by atoms with E-state index in [1.165, 1.54) is 9.79 Å². The maximum absolute atomic E-state index is 4.91. The average Bonchev–Trinajstić information content (AvgIpc) is 2.71. The lowest BCUT2D eigenvalue weighted by molar-refractivity contribution is 1.47. The molecule has 0 radical (unpaired) electrons. The Balaban J connectivity index is 1.91. The molecule has 0 fully saturated rings. The van der Waals surface area contributed by atoms with Gasteiger partial charge in [0, 0.05) is 14.7 Å². The Morgan fingerprint density at radius 2 is 1.27 bits per heavy atom. The van der Waals surface area contributed by atoms with Gasteiger partial charge in [-0.1, -0.05) is 78.1 Å². The molecule has 4 heteroatoms. The first-order chi connectivity index (χ1) is 12.8. The van der Waals surface area contributed by atoms with E-state index in [4.69, 9.17) is 4.99 Å². The Bertz CT molecular complexity index is 860. The quantitative estimate of drug-likeness (QED) is 0.244. The number of para-hydroxylation sites is 1. The highest BCUT2D eigenvalue weighted by atomic mass is 32.2. The van der Waals surface area contributed by atoms with Crippen LogP contribution in [0, 0.1) is 0 Å². The zero-order valence-electron chi connectivity index (χ0n) is 14.4. The fraction of sp³-hybridized carbons (Fsp3) is 0.0455. The SMILES string of the molecule is CSC(=C\Sc1ccccc1)/C(=N/c1ccccc1)Sc1ccccc1. The van der Waals surface area contributed by atoms with E-state index in [1.54, 1.807) is 35.3 Å². The van der Waals surface area contributed by atoms with Crippen LogP contribution in [0.1, 0.15) is 0 Å². The van der Waals surface area contributed by atoms with Crippen molar-refractivity contribution in [1.82, 2.24) is 0 Å².